The van der Waals surface area contributed by atoms with Gasteiger partial charge in [0.25, 0.3) is 0 Å². The average molecular weight is 387 g/mol. The van der Waals surface area contributed by atoms with E-state index in [-0.39, 0.29) is 0 Å². The molecule has 4 rings (SSSR count). The summed E-state index contributed by atoms with van der Waals surface area (Å²) in [5.41, 5.74) is 7.91. The van der Waals surface area contributed by atoms with Crippen molar-refractivity contribution in [2.75, 3.05) is 17.6 Å². The van der Waals surface area contributed by atoms with E-state index in [4.69, 9.17) is 5.73 Å². The molecule has 3 N–H and O–H groups in total. The van der Waals surface area contributed by atoms with Crippen LogP contribution in [0.25, 0.3) is 11.0 Å². The SMILES string of the molecule is Cc1cccc(NCC2CC(n3cc(Br)c4c(N)ncnc43)C2)n1. The van der Waals surface area contributed by atoms with Gasteiger partial charge in [0.05, 0.1) is 5.39 Å². The first-order chi connectivity index (χ1) is 11.6. The molecule has 0 atom stereocenters. The molecule has 0 saturated heterocycles. The summed E-state index contributed by atoms with van der Waals surface area (Å²) < 4.78 is 3.18. The number of aryl methyl sites for hydroxylation is 1. The number of nitrogens with zero attached hydrogens (tertiary/aromatic N) is 4. The summed E-state index contributed by atoms with van der Waals surface area (Å²) in [7, 11) is 0. The van der Waals surface area contributed by atoms with E-state index in [2.05, 4.69) is 47.0 Å². The summed E-state index contributed by atoms with van der Waals surface area (Å²) in [5.74, 6) is 2.12. The summed E-state index contributed by atoms with van der Waals surface area (Å²) in [6.45, 7) is 2.96. The van der Waals surface area contributed by atoms with Gasteiger partial charge in [-0.2, -0.15) is 0 Å². The number of hydrogen-bond donors (Lipinski definition) is 2. The lowest BCUT2D eigenvalue weighted by molar-refractivity contribution is 0.213. The first-order valence-corrected chi connectivity index (χ1v) is 8.85. The molecule has 1 saturated carbocycles. The second-order valence-corrected chi connectivity index (χ2v) is 7.23. The van der Waals surface area contributed by atoms with Gasteiger partial charge in [-0.1, -0.05) is 6.07 Å². The average Bonchev–Trinajstić information content (AvgIpc) is 2.84. The van der Waals surface area contributed by atoms with Crippen LogP contribution in [0, 0.1) is 12.8 Å². The number of rotatable bonds is 4. The van der Waals surface area contributed by atoms with Gasteiger partial charge >= 0.3 is 0 Å². The molecule has 0 radical (unpaired) electrons. The standard InChI is InChI=1S/C17H19BrN6/c1-10-3-2-4-14(23-10)20-7-11-5-12(6-11)24-8-13(18)15-16(19)21-9-22-17(15)24/h2-4,8-9,11-12H,5-7H2,1H3,(H,20,23)(H2,19,21,22). The maximum Gasteiger partial charge on any atom is 0.146 e. The van der Waals surface area contributed by atoms with Crippen molar-refractivity contribution < 1.29 is 0 Å². The topological polar surface area (TPSA) is 81.7 Å². The van der Waals surface area contributed by atoms with Gasteiger partial charge in [0.2, 0.25) is 0 Å². The Morgan fingerprint density at radius 3 is 2.96 bits per heavy atom. The first kappa shape index (κ1) is 15.4. The van der Waals surface area contributed by atoms with E-state index in [1.165, 1.54) is 6.33 Å². The Balaban J connectivity index is 1.42. The molecular weight excluding hydrogens is 368 g/mol. The van der Waals surface area contributed by atoms with Gasteiger partial charge in [-0.15, -0.1) is 0 Å². The van der Waals surface area contributed by atoms with Gasteiger partial charge < -0.3 is 15.6 Å². The van der Waals surface area contributed by atoms with Crippen LogP contribution in [0.1, 0.15) is 24.6 Å². The zero-order chi connectivity index (χ0) is 16.7. The highest BCUT2D eigenvalue weighted by Crippen LogP contribution is 2.41. The van der Waals surface area contributed by atoms with Gasteiger partial charge in [0, 0.05) is 29.0 Å². The Morgan fingerprint density at radius 1 is 1.33 bits per heavy atom. The molecule has 0 bridgehead atoms. The third-order valence-electron chi connectivity index (χ3n) is 4.66. The summed E-state index contributed by atoms with van der Waals surface area (Å²) in [4.78, 5) is 13.0. The van der Waals surface area contributed by atoms with Crippen molar-refractivity contribution in [1.82, 2.24) is 19.5 Å². The summed E-state index contributed by atoms with van der Waals surface area (Å²) >= 11 is 3.57. The van der Waals surface area contributed by atoms with Gasteiger partial charge in [0.15, 0.2) is 0 Å². The van der Waals surface area contributed by atoms with Crippen molar-refractivity contribution >= 4 is 38.6 Å². The zero-order valence-electron chi connectivity index (χ0n) is 13.4. The number of anilines is 2. The van der Waals surface area contributed by atoms with E-state index in [1.807, 2.05) is 25.1 Å². The maximum absolute atomic E-state index is 5.97. The quantitative estimate of drug-likeness (QED) is 0.716. The van der Waals surface area contributed by atoms with Crippen LogP contribution in [0.15, 0.2) is 35.2 Å². The lowest BCUT2D eigenvalue weighted by Gasteiger charge is -2.36. The number of hydrogen-bond acceptors (Lipinski definition) is 5. The smallest absolute Gasteiger partial charge is 0.146 e. The molecule has 0 aromatic carbocycles. The third-order valence-corrected chi connectivity index (χ3v) is 5.26. The molecule has 6 nitrogen and oxygen atoms in total. The minimum atomic E-state index is 0.463. The van der Waals surface area contributed by atoms with Crippen LogP contribution < -0.4 is 11.1 Å². The van der Waals surface area contributed by atoms with Crippen LogP contribution in [0.3, 0.4) is 0 Å². The molecule has 3 heterocycles. The van der Waals surface area contributed by atoms with Crippen molar-refractivity contribution in [3.05, 3.63) is 40.9 Å². The van der Waals surface area contributed by atoms with Gasteiger partial charge in [0.1, 0.15) is 23.6 Å². The predicted octanol–water partition coefficient (Wildman–Crippen LogP) is 3.54. The monoisotopic (exact) mass is 386 g/mol. The van der Waals surface area contributed by atoms with Crippen molar-refractivity contribution in [3.8, 4) is 0 Å². The highest BCUT2D eigenvalue weighted by molar-refractivity contribution is 9.10. The lowest BCUT2D eigenvalue weighted by Crippen LogP contribution is -2.31. The van der Waals surface area contributed by atoms with Gasteiger partial charge in [-0.3, -0.25) is 0 Å². The third kappa shape index (κ3) is 2.73. The molecular formula is C17H19BrN6. The van der Waals surface area contributed by atoms with Crippen LogP contribution >= 0.6 is 15.9 Å². The number of nitrogens with one attached hydrogen (secondary N) is 1. The fourth-order valence-corrected chi connectivity index (χ4v) is 3.93. The molecule has 1 aliphatic carbocycles. The molecule has 7 heteroatoms. The molecule has 0 amide bonds. The highest BCUT2D eigenvalue weighted by Gasteiger charge is 2.32. The molecule has 0 spiro atoms. The largest absolute Gasteiger partial charge is 0.383 e. The van der Waals surface area contributed by atoms with E-state index in [9.17, 15) is 0 Å². The number of nitrogen functional groups attached to an aromatic ring is 1. The molecule has 1 aliphatic rings. The first-order valence-electron chi connectivity index (χ1n) is 8.06. The molecule has 24 heavy (non-hydrogen) atoms. The van der Waals surface area contributed by atoms with E-state index >= 15 is 0 Å². The van der Waals surface area contributed by atoms with Crippen molar-refractivity contribution in [3.63, 3.8) is 0 Å². The fourth-order valence-electron chi connectivity index (χ4n) is 3.33. The molecule has 0 aliphatic heterocycles. The highest BCUT2D eigenvalue weighted by atomic mass is 79.9. The molecule has 1 fully saturated rings. The Labute approximate surface area is 148 Å². The number of aromatic nitrogens is 4. The molecule has 3 aromatic rings. The number of halogens is 1. The Hall–Kier alpha value is -2.15. The Bertz CT molecular complexity index is 884. The molecule has 124 valence electrons. The molecule has 0 unspecified atom stereocenters. The van der Waals surface area contributed by atoms with E-state index in [0.29, 0.717) is 17.8 Å². The maximum atomic E-state index is 5.97. The van der Waals surface area contributed by atoms with Crippen molar-refractivity contribution in [1.29, 1.82) is 0 Å². The summed E-state index contributed by atoms with van der Waals surface area (Å²) in [5, 5.41) is 4.34. The lowest BCUT2D eigenvalue weighted by atomic mass is 9.80. The number of nitrogens with two attached hydrogens (primary N) is 1. The minimum Gasteiger partial charge on any atom is -0.383 e. The number of fused-ring (bicyclic) bond motifs is 1. The Morgan fingerprint density at radius 2 is 2.17 bits per heavy atom. The van der Waals surface area contributed by atoms with E-state index in [0.717, 1.165) is 46.4 Å². The van der Waals surface area contributed by atoms with E-state index < -0.39 is 0 Å². The normalized spacial score (nSPS) is 20.1. The summed E-state index contributed by atoms with van der Waals surface area (Å²) in [6, 6.07) is 6.51. The summed E-state index contributed by atoms with van der Waals surface area (Å²) in [6.07, 6.45) is 5.85. The van der Waals surface area contributed by atoms with Crippen LogP contribution in [0.2, 0.25) is 0 Å². The fraction of sp³-hybridized carbons (Fsp3) is 0.353. The minimum absolute atomic E-state index is 0.463. The second-order valence-electron chi connectivity index (χ2n) is 6.38. The second kappa shape index (κ2) is 6.05. The van der Waals surface area contributed by atoms with Crippen LogP contribution in [-0.2, 0) is 0 Å². The molecule has 3 aromatic heterocycles. The number of pyridine rings is 1. The van der Waals surface area contributed by atoms with Crippen molar-refractivity contribution in [2.24, 2.45) is 5.92 Å². The van der Waals surface area contributed by atoms with Crippen molar-refractivity contribution in [2.45, 2.75) is 25.8 Å². The van der Waals surface area contributed by atoms with Crippen LogP contribution in [-0.4, -0.2) is 26.1 Å². The van der Waals surface area contributed by atoms with Crippen LogP contribution in [0.4, 0.5) is 11.6 Å². The van der Waals surface area contributed by atoms with Gasteiger partial charge in [-0.25, -0.2) is 15.0 Å². The zero-order valence-corrected chi connectivity index (χ0v) is 15.0. The van der Waals surface area contributed by atoms with E-state index in [1.54, 1.807) is 0 Å². The Kier molecular flexibility index (Phi) is 3.88. The van der Waals surface area contributed by atoms with Gasteiger partial charge in [-0.05, 0) is 53.7 Å². The van der Waals surface area contributed by atoms with Crippen LogP contribution in [0.5, 0.6) is 0 Å². The predicted molar refractivity (Wildman–Crippen MR) is 98.9 cm³/mol.